The van der Waals surface area contributed by atoms with Crippen molar-refractivity contribution in [2.45, 2.75) is 59.9 Å². The number of hydrogen-bond donors (Lipinski definition) is 0. The van der Waals surface area contributed by atoms with Crippen molar-refractivity contribution in [2.75, 3.05) is 0 Å². The Morgan fingerprint density at radius 2 is 1.82 bits per heavy atom. The maximum absolute atomic E-state index is 4.34. The molecule has 0 aromatic rings. The molecule has 0 saturated carbocycles. The Bertz CT molecular complexity index is 103. The Morgan fingerprint density at radius 1 is 1.27 bits per heavy atom. The third-order valence-corrected chi connectivity index (χ3v) is 1.56. The van der Waals surface area contributed by atoms with Gasteiger partial charge in [-0.05, 0) is 39.3 Å². The van der Waals surface area contributed by atoms with E-state index in [1.807, 2.05) is 20.1 Å². The molecule has 1 heteroatoms. The van der Waals surface area contributed by atoms with Gasteiger partial charge in [-0.1, -0.05) is 21.3 Å². The molecule has 0 saturated heterocycles. The zero-order valence-corrected chi connectivity index (χ0v) is 7.65. The van der Waals surface area contributed by atoms with Crippen molar-refractivity contribution in [2.24, 2.45) is 4.99 Å². The summed E-state index contributed by atoms with van der Waals surface area (Å²) in [5, 5.41) is 0. The monoisotopic (exact) mass is 157 g/mol. The highest BCUT2D eigenvalue weighted by Crippen LogP contribution is 2.20. The van der Waals surface area contributed by atoms with E-state index in [1.54, 1.807) is 0 Å². The number of aliphatic imine (C=N–C) groups is 1. The molecule has 11 heavy (non-hydrogen) atoms. The Morgan fingerprint density at radius 3 is 2.00 bits per heavy atom. The largest absolute Gasteiger partial charge is 0.291 e. The molecule has 0 aromatic heterocycles. The van der Waals surface area contributed by atoms with Gasteiger partial charge in [0.15, 0.2) is 0 Å². The molecule has 0 bridgehead atoms. The summed E-state index contributed by atoms with van der Waals surface area (Å²) in [6.07, 6.45) is 5.80. The van der Waals surface area contributed by atoms with Gasteiger partial charge in [0.1, 0.15) is 0 Å². The van der Waals surface area contributed by atoms with Gasteiger partial charge in [0.05, 0.1) is 5.54 Å². The molecule has 0 atom stereocenters. The summed E-state index contributed by atoms with van der Waals surface area (Å²) in [7, 11) is 0. The van der Waals surface area contributed by atoms with Crippen LogP contribution in [0.5, 0.6) is 0 Å². The second-order valence-corrected chi connectivity index (χ2v) is 3.02. The summed E-state index contributed by atoms with van der Waals surface area (Å²) in [6, 6.07) is 0. The first kappa shape index (κ1) is 13.3. The Balaban J connectivity index is 0. The van der Waals surface area contributed by atoms with Crippen LogP contribution in [0.2, 0.25) is 0 Å². The average molecular weight is 157 g/mol. The minimum atomic E-state index is 0. The first-order valence-corrected chi connectivity index (χ1v) is 4.24. The van der Waals surface area contributed by atoms with Crippen molar-refractivity contribution in [1.82, 2.24) is 0 Å². The topological polar surface area (TPSA) is 12.4 Å². The van der Waals surface area contributed by atoms with Crippen LogP contribution in [-0.2, 0) is 0 Å². The van der Waals surface area contributed by atoms with Crippen LogP contribution in [0.3, 0.4) is 0 Å². The molecular weight excluding hydrogens is 134 g/mol. The predicted molar refractivity (Wildman–Crippen MR) is 54.5 cm³/mol. The van der Waals surface area contributed by atoms with Crippen molar-refractivity contribution < 1.29 is 0 Å². The summed E-state index contributed by atoms with van der Waals surface area (Å²) < 4.78 is 0. The van der Waals surface area contributed by atoms with E-state index in [-0.39, 0.29) is 13.0 Å². The maximum Gasteiger partial charge on any atom is 0.0548 e. The molecule has 1 aliphatic heterocycles. The van der Waals surface area contributed by atoms with Crippen molar-refractivity contribution in [3.8, 4) is 0 Å². The van der Waals surface area contributed by atoms with Crippen LogP contribution in [0.1, 0.15) is 54.4 Å². The fraction of sp³-hybridized carbons (Fsp3) is 0.900. The second-order valence-electron chi connectivity index (χ2n) is 3.02. The molecule has 0 N–H and O–H groups in total. The van der Waals surface area contributed by atoms with Crippen LogP contribution in [0, 0.1) is 0 Å². The third-order valence-electron chi connectivity index (χ3n) is 1.56. The van der Waals surface area contributed by atoms with Crippen LogP contribution in [0.4, 0.5) is 0 Å². The lowest BCUT2D eigenvalue weighted by molar-refractivity contribution is 0.452. The van der Waals surface area contributed by atoms with Gasteiger partial charge >= 0.3 is 0 Å². The Kier molecular flexibility index (Phi) is 7.70. The SMILES string of the molecule is C.CC.CC1(C)CCCC=N1. The standard InChI is InChI=1S/C7H13N.C2H6.CH4/c1-7(2)5-3-4-6-8-7;1-2;/h6H,3-5H2,1-2H3;1-2H3;1H4. The zero-order valence-electron chi connectivity index (χ0n) is 7.65. The molecule has 1 aliphatic rings. The molecular formula is C10H23N. The lowest BCUT2D eigenvalue weighted by Gasteiger charge is -2.22. The van der Waals surface area contributed by atoms with Crippen molar-refractivity contribution >= 4 is 6.21 Å². The number of nitrogens with zero attached hydrogens (tertiary/aromatic N) is 1. The minimum absolute atomic E-state index is 0. The van der Waals surface area contributed by atoms with Crippen molar-refractivity contribution in [3.05, 3.63) is 0 Å². The highest BCUT2D eigenvalue weighted by molar-refractivity contribution is 5.58. The van der Waals surface area contributed by atoms with Gasteiger partial charge in [0, 0.05) is 0 Å². The van der Waals surface area contributed by atoms with E-state index in [1.165, 1.54) is 19.3 Å². The van der Waals surface area contributed by atoms with E-state index in [9.17, 15) is 0 Å². The summed E-state index contributed by atoms with van der Waals surface area (Å²) in [6.45, 7) is 8.37. The van der Waals surface area contributed by atoms with Crippen LogP contribution in [-0.4, -0.2) is 11.8 Å². The number of hydrogen-bond acceptors (Lipinski definition) is 1. The van der Waals surface area contributed by atoms with Gasteiger partial charge < -0.3 is 0 Å². The predicted octanol–water partition coefficient (Wildman–Crippen LogP) is 3.68. The zero-order chi connectivity index (χ0) is 8.04. The van der Waals surface area contributed by atoms with Gasteiger partial charge in [-0.15, -0.1) is 0 Å². The van der Waals surface area contributed by atoms with E-state index in [0.717, 1.165) is 0 Å². The van der Waals surface area contributed by atoms with Crippen LogP contribution < -0.4 is 0 Å². The smallest absolute Gasteiger partial charge is 0.0548 e. The fourth-order valence-corrected chi connectivity index (χ4v) is 1.00. The van der Waals surface area contributed by atoms with Crippen molar-refractivity contribution in [3.63, 3.8) is 0 Å². The molecule has 1 heterocycles. The molecule has 1 rings (SSSR count). The summed E-state index contributed by atoms with van der Waals surface area (Å²) >= 11 is 0. The molecule has 0 radical (unpaired) electrons. The molecule has 0 unspecified atom stereocenters. The normalized spacial score (nSPS) is 19.3. The van der Waals surface area contributed by atoms with Gasteiger partial charge in [0.2, 0.25) is 0 Å². The number of rotatable bonds is 0. The molecule has 0 fully saturated rings. The Hall–Kier alpha value is -0.330. The molecule has 68 valence electrons. The van der Waals surface area contributed by atoms with Crippen molar-refractivity contribution in [1.29, 1.82) is 0 Å². The van der Waals surface area contributed by atoms with Crippen LogP contribution >= 0.6 is 0 Å². The second kappa shape index (κ2) is 6.38. The lowest BCUT2D eigenvalue weighted by atomic mass is 9.96. The van der Waals surface area contributed by atoms with E-state index >= 15 is 0 Å². The molecule has 0 aliphatic carbocycles. The molecule has 0 amide bonds. The fourth-order valence-electron chi connectivity index (χ4n) is 1.00. The average Bonchev–Trinajstić information content (AvgIpc) is 1.92. The lowest BCUT2D eigenvalue weighted by Crippen LogP contribution is -2.19. The van der Waals surface area contributed by atoms with E-state index < -0.39 is 0 Å². The summed E-state index contributed by atoms with van der Waals surface area (Å²) in [4.78, 5) is 4.34. The van der Waals surface area contributed by atoms with Gasteiger partial charge in [-0.25, -0.2) is 0 Å². The van der Waals surface area contributed by atoms with Gasteiger partial charge in [-0.3, -0.25) is 4.99 Å². The minimum Gasteiger partial charge on any atom is -0.291 e. The Labute approximate surface area is 71.9 Å². The van der Waals surface area contributed by atoms with E-state index in [2.05, 4.69) is 18.8 Å². The van der Waals surface area contributed by atoms with Crippen LogP contribution in [0.15, 0.2) is 4.99 Å². The highest BCUT2D eigenvalue weighted by Gasteiger charge is 2.16. The summed E-state index contributed by atoms with van der Waals surface area (Å²) in [5.41, 5.74) is 0.248. The first-order valence-electron chi connectivity index (χ1n) is 4.24. The molecule has 0 aromatic carbocycles. The van der Waals surface area contributed by atoms with Gasteiger partial charge in [0.25, 0.3) is 0 Å². The highest BCUT2D eigenvalue weighted by atomic mass is 14.8. The van der Waals surface area contributed by atoms with Crippen LogP contribution in [0.25, 0.3) is 0 Å². The summed E-state index contributed by atoms with van der Waals surface area (Å²) in [5.74, 6) is 0. The quantitative estimate of drug-likeness (QED) is 0.508. The maximum atomic E-state index is 4.34. The molecule has 0 spiro atoms. The van der Waals surface area contributed by atoms with E-state index in [0.29, 0.717) is 0 Å². The molecule has 1 nitrogen and oxygen atoms in total. The first-order chi connectivity index (χ1) is 4.71. The third kappa shape index (κ3) is 6.08. The van der Waals surface area contributed by atoms with Gasteiger partial charge in [-0.2, -0.15) is 0 Å². The van der Waals surface area contributed by atoms with E-state index in [4.69, 9.17) is 0 Å².